The van der Waals surface area contributed by atoms with Crippen LogP contribution in [0, 0.1) is 11.2 Å². The number of benzene rings is 1. The fourth-order valence-corrected chi connectivity index (χ4v) is 3.35. The molecule has 2 heterocycles. The van der Waals surface area contributed by atoms with Crippen molar-refractivity contribution in [3.05, 3.63) is 48.3 Å². The molecule has 1 fully saturated rings. The van der Waals surface area contributed by atoms with Gasteiger partial charge in [-0.2, -0.15) is 0 Å². The number of imidazole rings is 1. The van der Waals surface area contributed by atoms with Crippen LogP contribution in [-0.4, -0.2) is 53.5 Å². The van der Waals surface area contributed by atoms with Crippen LogP contribution in [-0.2, 0) is 11.3 Å². The number of nitrogens with zero attached hydrogens (tertiary/aromatic N) is 3. The average Bonchev–Trinajstić information content (AvgIpc) is 3.37. The van der Waals surface area contributed by atoms with Gasteiger partial charge < -0.3 is 25.0 Å². The van der Waals surface area contributed by atoms with E-state index in [2.05, 4.69) is 20.6 Å². The highest BCUT2D eigenvalue weighted by atomic mass is 19.1. The van der Waals surface area contributed by atoms with Gasteiger partial charge in [0.25, 0.3) is 0 Å². The zero-order valence-corrected chi connectivity index (χ0v) is 16.2. The van der Waals surface area contributed by atoms with E-state index < -0.39 is 0 Å². The molecule has 0 bridgehead atoms. The number of nitrogens with one attached hydrogen (secondary N) is 2. The van der Waals surface area contributed by atoms with E-state index in [1.54, 1.807) is 29.4 Å². The van der Waals surface area contributed by atoms with Crippen molar-refractivity contribution < 1.29 is 14.2 Å². The lowest BCUT2D eigenvalue weighted by Crippen LogP contribution is -2.44. The Labute approximate surface area is 164 Å². The molecule has 0 aliphatic carbocycles. The van der Waals surface area contributed by atoms with Gasteiger partial charge in [-0.05, 0) is 37.5 Å². The van der Waals surface area contributed by atoms with Gasteiger partial charge in [-0.3, -0.25) is 0 Å². The number of aliphatic hydroxyl groups excluding tert-OH is 1. The van der Waals surface area contributed by atoms with E-state index in [0.29, 0.717) is 37.8 Å². The molecule has 1 unspecified atom stereocenters. The lowest BCUT2D eigenvalue weighted by atomic mass is 9.84. The van der Waals surface area contributed by atoms with Gasteiger partial charge in [0.15, 0.2) is 5.96 Å². The molecule has 1 aromatic carbocycles. The summed E-state index contributed by atoms with van der Waals surface area (Å²) < 4.78 is 21.6. The lowest BCUT2D eigenvalue weighted by Gasteiger charge is -2.27. The molecule has 152 valence electrons. The molecule has 1 saturated heterocycles. The Morgan fingerprint density at radius 2 is 2.32 bits per heavy atom. The molecule has 3 rings (SSSR count). The minimum absolute atomic E-state index is 0.0660. The van der Waals surface area contributed by atoms with Crippen LogP contribution in [0.3, 0.4) is 0 Å². The predicted molar refractivity (Wildman–Crippen MR) is 106 cm³/mol. The maximum Gasteiger partial charge on any atom is 0.191 e. The van der Waals surface area contributed by atoms with E-state index in [4.69, 9.17) is 4.74 Å². The summed E-state index contributed by atoms with van der Waals surface area (Å²) in [5.74, 6) is 0.361. The number of ether oxygens (including phenoxy) is 1. The summed E-state index contributed by atoms with van der Waals surface area (Å²) >= 11 is 0. The van der Waals surface area contributed by atoms with E-state index in [1.807, 2.05) is 13.0 Å². The molecule has 2 aromatic rings. The fraction of sp³-hybridized carbons (Fsp3) is 0.500. The Hall–Kier alpha value is -2.45. The van der Waals surface area contributed by atoms with E-state index in [0.717, 1.165) is 25.1 Å². The molecular weight excluding hydrogens is 361 g/mol. The summed E-state index contributed by atoms with van der Waals surface area (Å²) in [6, 6.07) is 5.10. The molecule has 1 aromatic heterocycles. The van der Waals surface area contributed by atoms with Crippen LogP contribution in [0.5, 0.6) is 0 Å². The van der Waals surface area contributed by atoms with Crippen molar-refractivity contribution in [2.45, 2.75) is 26.3 Å². The Bertz CT molecular complexity index is 773. The van der Waals surface area contributed by atoms with Gasteiger partial charge in [0.2, 0.25) is 0 Å². The first-order valence-electron chi connectivity index (χ1n) is 9.63. The molecule has 3 N–H and O–H groups in total. The molecule has 8 heteroatoms. The Morgan fingerprint density at radius 3 is 2.96 bits per heavy atom. The normalized spacial score (nSPS) is 19.8. The molecule has 0 amide bonds. The van der Waals surface area contributed by atoms with Crippen LogP contribution in [0.2, 0.25) is 0 Å². The smallest absolute Gasteiger partial charge is 0.191 e. The van der Waals surface area contributed by atoms with Crippen LogP contribution >= 0.6 is 0 Å². The van der Waals surface area contributed by atoms with E-state index >= 15 is 0 Å². The second-order valence-electron chi connectivity index (χ2n) is 7.08. The number of halogens is 1. The maximum atomic E-state index is 14.4. The predicted octanol–water partition coefficient (Wildman–Crippen LogP) is 1.86. The Kier molecular flexibility index (Phi) is 7.00. The number of aliphatic imine (C=N–C) groups is 1. The van der Waals surface area contributed by atoms with Gasteiger partial charge >= 0.3 is 0 Å². The standard InChI is InChI=1S/C20H28FN5O2/c1-2-23-19(25-13-20(5-9-27)6-10-28-14-20)24-12-16-3-4-18(17(21)11-16)26-8-7-22-15-26/h3-4,7-8,11,15,27H,2,5-6,9-10,12-14H2,1H3,(H2,23,24,25). The minimum Gasteiger partial charge on any atom is -0.396 e. The topological polar surface area (TPSA) is 83.7 Å². The van der Waals surface area contributed by atoms with Crippen molar-refractivity contribution in [1.82, 2.24) is 20.2 Å². The summed E-state index contributed by atoms with van der Waals surface area (Å²) in [5, 5.41) is 15.9. The molecule has 7 nitrogen and oxygen atoms in total. The number of aliphatic hydroxyl groups is 1. The van der Waals surface area contributed by atoms with Crippen molar-refractivity contribution in [3.63, 3.8) is 0 Å². The van der Waals surface area contributed by atoms with Gasteiger partial charge in [-0.1, -0.05) is 6.07 Å². The largest absolute Gasteiger partial charge is 0.396 e. The van der Waals surface area contributed by atoms with Crippen LogP contribution in [0.15, 0.2) is 41.9 Å². The van der Waals surface area contributed by atoms with Crippen LogP contribution in [0.1, 0.15) is 25.3 Å². The first kappa shape index (κ1) is 20.3. The Balaban J connectivity index is 1.64. The first-order valence-corrected chi connectivity index (χ1v) is 9.63. The molecule has 28 heavy (non-hydrogen) atoms. The zero-order chi connectivity index (χ0) is 19.8. The third kappa shape index (κ3) is 5.08. The van der Waals surface area contributed by atoms with Crippen molar-refractivity contribution >= 4 is 5.96 Å². The number of hydrogen-bond acceptors (Lipinski definition) is 4. The van der Waals surface area contributed by atoms with Gasteiger partial charge in [0.05, 0.1) is 25.2 Å². The molecular formula is C20H28FN5O2. The van der Waals surface area contributed by atoms with Crippen LogP contribution in [0.4, 0.5) is 4.39 Å². The van der Waals surface area contributed by atoms with Crippen molar-refractivity contribution in [1.29, 1.82) is 0 Å². The Morgan fingerprint density at radius 1 is 1.43 bits per heavy atom. The molecule has 1 aliphatic heterocycles. The minimum atomic E-state index is -0.311. The summed E-state index contributed by atoms with van der Waals surface area (Å²) in [6.07, 6.45) is 6.50. The monoisotopic (exact) mass is 389 g/mol. The lowest BCUT2D eigenvalue weighted by molar-refractivity contribution is 0.127. The van der Waals surface area contributed by atoms with Crippen LogP contribution < -0.4 is 10.6 Å². The third-order valence-electron chi connectivity index (χ3n) is 5.02. The second-order valence-corrected chi connectivity index (χ2v) is 7.08. The van der Waals surface area contributed by atoms with Gasteiger partial charge in [-0.15, -0.1) is 0 Å². The number of aromatic nitrogens is 2. The second kappa shape index (κ2) is 9.66. The molecule has 0 spiro atoms. The van der Waals surface area contributed by atoms with Crippen LogP contribution in [0.25, 0.3) is 5.69 Å². The van der Waals surface area contributed by atoms with Crippen molar-refractivity contribution in [2.24, 2.45) is 10.4 Å². The van der Waals surface area contributed by atoms with E-state index in [9.17, 15) is 9.50 Å². The molecule has 1 aliphatic rings. The molecule has 0 saturated carbocycles. The highest BCUT2D eigenvalue weighted by Crippen LogP contribution is 2.31. The number of hydrogen-bond donors (Lipinski definition) is 3. The fourth-order valence-electron chi connectivity index (χ4n) is 3.35. The highest BCUT2D eigenvalue weighted by molar-refractivity contribution is 5.79. The number of rotatable bonds is 8. The average molecular weight is 389 g/mol. The zero-order valence-electron chi connectivity index (χ0n) is 16.2. The first-order chi connectivity index (χ1) is 13.7. The van der Waals surface area contributed by atoms with Crippen molar-refractivity contribution in [3.8, 4) is 5.69 Å². The van der Waals surface area contributed by atoms with Gasteiger partial charge in [0.1, 0.15) is 5.82 Å². The van der Waals surface area contributed by atoms with E-state index in [1.165, 1.54) is 6.07 Å². The maximum absolute atomic E-state index is 14.4. The van der Waals surface area contributed by atoms with Gasteiger partial charge in [0, 0.05) is 44.1 Å². The van der Waals surface area contributed by atoms with Crippen molar-refractivity contribution in [2.75, 3.05) is 32.9 Å². The number of guanidine groups is 1. The third-order valence-corrected chi connectivity index (χ3v) is 5.02. The quantitative estimate of drug-likeness (QED) is 0.474. The summed E-state index contributed by atoms with van der Waals surface area (Å²) in [6.45, 7) is 5.26. The molecule has 0 radical (unpaired) electrons. The molecule has 1 atom stereocenters. The summed E-state index contributed by atoms with van der Waals surface area (Å²) in [5.41, 5.74) is 1.18. The van der Waals surface area contributed by atoms with Gasteiger partial charge in [-0.25, -0.2) is 14.4 Å². The highest BCUT2D eigenvalue weighted by Gasteiger charge is 2.34. The SMILES string of the molecule is CCNC(=NCc1ccc(-n2ccnc2)c(F)c1)NCC1(CCO)CCOC1. The summed E-state index contributed by atoms with van der Waals surface area (Å²) in [4.78, 5) is 8.52. The van der Waals surface area contributed by atoms with E-state index in [-0.39, 0.29) is 17.8 Å². The summed E-state index contributed by atoms with van der Waals surface area (Å²) in [7, 11) is 0.